The van der Waals surface area contributed by atoms with E-state index in [2.05, 4.69) is 5.32 Å². The maximum Gasteiger partial charge on any atom is 0.261 e. The molecular formula is C14H15NO3S. The van der Waals surface area contributed by atoms with Gasteiger partial charge in [-0.05, 0) is 17.5 Å². The van der Waals surface area contributed by atoms with Crippen molar-refractivity contribution in [2.75, 3.05) is 19.8 Å². The van der Waals surface area contributed by atoms with E-state index in [4.69, 9.17) is 4.74 Å². The summed E-state index contributed by atoms with van der Waals surface area (Å²) in [6.45, 7) is 1.08. The molecule has 5 heteroatoms. The van der Waals surface area contributed by atoms with E-state index in [1.807, 2.05) is 30.3 Å². The van der Waals surface area contributed by atoms with Crippen molar-refractivity contribution in [3.05, 3.63) is 35.2 Å². The summed E-state index contributed by atoms with van der Waals surface area (Å²) in [6, 6.07) is 9.77. The lowest BCUT2D eigenvalue weighted by molar-refractivity contribution is 0.0265. The van der Waals surface area contributed by atoms with Crippen molar-refractivity contribution in [1.29, 1.82) is 0 Å². The predicted molar refractivity (Wildman–Crippen MR) is 74.5 cm³/mol. The van der Waals surface area contributed by atoms with Gasteiger partial charge in [-0.25, -0.2) is 0 Å². The second-order valence-electron chi connectivity index (χ2n) is 4.86. The fourth-order valence-corrected chi connectivity index (χ4v) is 3.14. The van der Waals surface area contributed by atoms with Gasteiger partial charge >= 0.3 is 0 Å². The van der Waals surface area contributed by atoms with Crippen LogP contribution in [0.15, 0.2) is 30.3 Å². The molecule has 1 fully saturated rings. The Morgan fingerprint density at radius 2 is 2.32 bits per heavy atom. The smallest absolute Gasteiger partial charge is 0.261 e. The quantitative estimate of drug-likeness (QED) is 0.899. The number of carbonyl (C=O) groups excluding carboxylic acids is 1. The molecule has 1 aliphatic heterocycles. The molecule has 1 saturated heterocycles. The van der Waals surface area contributed by atoms with Gasteiger partial charge < -0.3 is 15.2 Å². The molecule has 2 heterocycles. The molecule has 19 heavy (non-hydrogen) atoms. The number of amides is 1. The zero-order valence-corrected chi connectivity index (χ0v) is 11.2. The van der Waals surface area contributed by atoms with Crippen molar-refractivity contribution in [3.63, 3.8) is 0 Å². The molecule has 1 aliphatic rings. The van der Waals surface area contributed by atoms with Crippen LogP contribution in [0.4, 0.5) is 0 Å². The minimum absolute atomic E-state index is 0.137. The standard InChI is InChI=1S/C14H15NO3S/c16-13(15-8-14(17)5-6-18-9-14)12-7-10-3-1-2-4-11(10)19-12/h1-4,7,17H,5-6,8-9H2,(H,15,16). The van der Waals surface area contributed by atoms with Crippen LogP contribution in [0.1, 0.15) is 16.1 Å². The molecule has 1 atom stereocenters. The second kappa shape index (κ2) is 4.92. The highest BCUT2D eigenvalue weighted by Gasteiger charge is 2.32. The van der Waals surface area contributed by atoms with Crippen LogP contribution in [0.2, 0.25) is 0 Å². The summed E-state index contributed by atoms with van der Waals surface area (Å²) in [6.07, 6.45) is 0.569. The normalized spacial score (nSPS) is 22.8. The van der Waals surface area contributed by atoms with E-state index >= 15 is 0 Å². The molecule has 2 N–H and O–H groups in total. The van der Waals surface area contributed by atoms with Crippen LogP contribution in [-0.4, -0.2) is 36.4 Å². The van der Waals surface area contributed by atoms with Crippen molar-refractivity contribution in [2.45, 2.75) is 12.0 Å². The Balaban J connectivity index is 1.69. The van der Waals surface area contributed by atoms with Gasteiger partial charge in [0.2, 0.25) is 0 Å². The van der Waals surface area contributed by atoms with E-state index in [0.29, 0.717) is 24.5 Å². The Morgan fingerprint density at radius 3 is 3.05 bits per heavy atom. The third-order valence-corrected chi connectivity index (χ3v) is 4.42. The van der Waals surface area contributed by atoms with E-state index in [1.54, 1.807) is 0 Å². The fraction of sp³-hybridized carbons (Fsp3) is 0.357. The predicted octanol–water partition coefficient (Wildman–Crippen LogP) is 1.78. The molecule has 1 aromatic carbocycles. The lowest BCUT2D eigenvalue weighted by Gasteiger charge is -2.20. The monoisotopic (exact) mass is 277 g/mol. The first-order valence-electron chi connectivity index (χ1n) is 6.23. The summed E-state index contributed by atoms with van der Waals surface area (Å²) < 4.78 is 6.24. The van der Waals surface area contributed by atoms with Gasteiger partial charge in [0.15, 0.2) is 0 Å². The van der Waals surface area contributed by atoms with Gasteiger partial charge in [-0.2, -0.15) is 0 Å². The molecule has 2 aromatic rings. The number of nitrogens with one attached hydrogen (secondary N) is 1. The molecule has 1 unspecified atom stereocenters. The van der Waals surface area contributed by atoms with Gasteiger partial charge in [0.1, 0.15) is 5.60 Å². The molecule has 1 aromatic heterocycles. The number of ether oxygens (including phenoxy) is 1. The van der Waals surface area contributed by atoms with Crippen molar-refractivity contribution >= 4 is 27.3 Å². The van der Waals surface area contributed by atoms with Crippen molar-refractivity contribution in [3.8, 4) is 0 Å². The van der Waals surface area contributed by atoms with E-state index < -0.39 is 5.60 Å². The molecule has 0 bridgehead atoms. The summed E-state index contributed by atoms with van der Waals surface area (Å²) >= 11 is 1.46. The zero-order chi connectivity index (χ0) is 13.3. The lowest BCUT2D eigenvalue weighted by Crippen LogP contribution is -2.43. The first-order chi connectivity index (χ1) is 9.16. The van der Waals surface area contributed by atoms with Crippen LogP contribution in [0, 0.1) is 0 Å². The lowest BCUT2D eigenvalue weighted by atomic mass is 10.0. The van der Waals surface area contributed by atoms with Crippen molar-refractivity contribution in [2.24, 2.45) is 0 Å². The number of aliphatic hydroxyl groups is 1. The highest BCUT2D eigenvalue weighted by molar-refractivity contribution is 7.20. The summed E-state index contributed by atoms with van der Waals surface area (Å²) in [4.78, 5) is 12.7. The molecule has 4 nitrogen and oxygen atoms in total. The fourth-order valence-electron chi connectivity index (χ4n) is 2.16. The van der Waals surface area contributed by atoms with Gasteiger partial charge in [-0.15, -0.1) is 11.3 Å². The number of carbonyl (C=O) groups is 1. The van der Waals surface area contributed by atoms with Crippen LogP contribution in [-0.2, 0) is 4.74 Å². The number of thiophene rings is 1. The topological polar surface area (TPSA) is 58.6 Å². The van der Waals surface area contributed by atoms with Gasteiger partial charge in [-0.1, -0.05) is 18.2 Å². The molecule has 0 aliphatic carbocycles. The summed E-state index contributed by atoms with van der Waals surface area (Å²) in [5, 5.41) is 13.9. The average Bonchev–Trinajstić information content (AvgIpc) is 3.02. The van der Waals surface area contributed by atoms with Crippen LogP contribution < -0.4 is 5.32 Å². The molecule has 3 rings (SSSR count). The molecule has 0 spiro atoms. The van der Waals surface area contributed by atoms with Crippen LogP contribution in [0.25, 0.3) is 10.1 Å². The first-order valence-corrected chi connectivity index (χ1v) is 7.05. The maximum atomic E-state index is 12.1. The van der Waals surface area contributed by atoms with Gasteiger partial charge in [-0.3, -0.25) is 4.79 Å². The summed E-state index contributed by atoms with van der Waals surface area (Å²) in [7, 11) is 0. The Hall–Kier alpha value is -1.43. The Bertz CT molecular complexity index is 569. The largest absolute Gasteiger partial charge is 0.386 e. The summed E-state index contributed by atoms with van der Waals surface area (Å²) in [5.41, 5.74) is -0.910. The van der Waals surface area contributed by atoms with Crippen molar-refractivity contribution < 1.29 is 14.6 Å². The Labute approximate surface area is 115 Å². The second-order valence-corrected chi connectivity index (χ2v) is 5.94. The van der Waals surface area contributed by atoms with E-state index in [1.165, 1.54) is 11.3 Å². The molecular weight excluding hydrogens is 262 g/mol. The SMILES string of the molecule is O=C(NCC1(O)CCOC1)c1cc2ccccc2s1. The Kier molecular flexibility index (Phi) is 3.26. The van der Waals surface area contributed by atoms with Gasteiger partial charge in [0, 0.05) is 24.3 Å². The third-order valence-electron chi connectivity index (χ3n) is 3.31. The zero-order valence-electron chi connectivity index (χ0n) is 10.4. The number of rotatable bonds is 3. The number of benzene rings is 1. The number of hydrogen-bond acceptors (Lipinski definition) is 4. The summed E-state index contributed by atoms with van der Waals surface area (Å²) in [5.74, 6) is -0.137. The van der Waals surface area contributed by atoms with E-state index in [9.17, 15) is 9.90 Å². The molecule has 1 amide bonds. The molecule has 0 radical (unpaired) electrons. The highest BCUT2D eigenvalue weighted by Crippen LogP contribution is 2.25. The number of fused-ring (bicyclic) bond motifs is 1. The van der Waals surface area contributed by atoms with E-state index in [0.717, 1.165) is 10.1 Å². The van der Waals surface area contributed by atoms with Crippen LogP contribution >= 0.6 is 11.3 Å². The van der Waals surface area contributed by atoms with E-state index in [-0.39, 0.29) is 12.5 Å². The molecule has 100 valence electrons. The third kappa shape index (κ3) is 2.63. The highest BCUT2D eigenvalue weighted by atomic mass is 32.1. The first kappa shape index (κ1) is 12.6. The minimum Gasteiger partial charge on any atom is -0.386 e. The maximum absolute atomic E-state index is 12.1. The van der Waals surface area contributed by atoms with Crippen LogP contribution in [0.5, 0.6) is 0 Å². The van der Waals surface area contributed by atoms with Gasteiger partial charge in [0.05, 0.1) is 11.5 Å². The number of hydrogen-bond donors (Lipinski definition) is 2. The average molecular weight is 277 g/mol. The van der Waals surface area contributed by atoms with Gasteiger partial charge in [0.25, 0.3) is 5.91 Å². The van der Waals surface area contributed by atoms with Crippen LogP contribution in [0.3, 0.4) is 0 Å². The van der Waals surface area contributed by atoms with Crippen molar-refractivity contribution in [1.82, 2.24) is 5.32 Å². The molecule has 0 saturated carbocycles. The minimum atomic E-state index is -0.910. The Morgan fingerprint density at radius 1 is 1.47 bits per heavy atom.